The predicted octanol–water partition coefficient (Wildman–Crippen LogP) is 1.96. The lowest BCUT2D eigenvalue weighted by Gasteiger charge is -2.15. The zero-order chi connectivity index (χ0) is 17.2. The summed E-state index contributed by atoms with van der Waals surface area (Å²) in [5, 5.41) is 11.2. The molecule has 0 aliphatic carbocycles. The third-order valence-corrected chi connectivity index (χ3v) is 2.75. The zero-order valence-electron chi connectivity index (χ0n) is 13.2. The molecule has 0 aliphatic heterocycles. The number of esters is 1. The molecule has 7 nitrogen and oxygen atoms in total. The molecule has 23 heavy (non-hydrogen) atoms. The van der Waals surface area contributed by atoms with Crippen molar-refractivity contribution in [2.75, 3.05) is 6.61 Å². The smallest absolute Gasteiger partial charge is 0.407 e. The Balaban J connectivity index is 2.43. The molecule has 1 aromatic rings. The number of carbonyl (C=O) groups is 3. The Bertz CT molecular complexity index is 529. The topological polar surface area (TPSA) is 102 Å². The normalized spacial score (nSPS) is 11.6. The van der Waals surface area contributed by atoms with Gasteiger partial charge in [-0.3, -0.25) is 4.79 Å². The number of hydrogen-bond acceptors (Lipinski definition) is 5. The second-order valence-electron chi connectivity index (χ2n) is 5.38. The Labute approximate surface area is 134 Å². The molecule has 1 rings (SSSR count). The Hall–Kier alpha value is -2.57. The second-order valence-corrected chi connectivity index (χ2v) is 5.38. The van der Waals surface area contributed by atoms with Gasteiger partial charge < -0.3 is 19.9 Å². The van der Waals surface area contributed by atoms with Crippen molar-refractivity contribution in [3.63, 3.8) is 0 Å². The van der Waals surface area contributed by atoms with Crippen LogP contribution in [-0.2, 0) is 25.7 Å². The summed E-state index contributed by atoms with van der Waals surface area (Å²) in [6.07, 6.45) is -1.35. The molecule has 1 aromatic carbocycles. The fourth-order valence-electron chi connectivity index (χ4n) is 1.59. The van der Waals surface area contributed by atoms with Gasteiger partial charge in [0, 0.05) is 0 Å². The number of carboxylic acid groups (broad SMARTS) is 1. The van der Waals surface area contributed by atoms with Crippen LogP contribution in [0.3, 0.4) is 0 Å². The highest BCUT2D eigenvalue weighted by molar-refractivity contribution is 5.85. The van der Waals surface area contributed by atoms with Gasteiger partial charge in [0.25, 0.3) is 0 Å². The van der Waals surface area contributed by atoms with E-state index in [9.17, 15) is 14.4 Å². The summed E-state index contributed by atoms with van der Waals surface area (Å²) in [5.74, 6) is -1.92. The number of carboxylic acids is 1. The van der Waals surface area contributed by atoms with Gasteiger partial charge in [0.2, 0.25) is 0 Å². The standard InChI is InChI=1S/C16H21NO6/c1-11(2)9-23-16(21)17-13(15(19)20)8-14(18)22-10-12-6-4-3-5-7-12/h3-7,11,13H,8-10H2,1-2H3,(H,17,21)(H,19,20)/t13-/m0/s1. The molecule has 7 heteroatoms. The molecule has 0 aromatic heterocycles. The summed E-state index contributed by atoms with van der Waals surface area (Å²) in [4.78, 5) is 34.3. The van der Waals surface area contributed by atoms with E-state index in [1.165, 1.54) is 0 Å². The van der Waals surface area contributed by atoms with E-state index < -0.39 is 30.5 Å². The first-order valence-corrected chi connectivity index (χ1v) is 7.24. The van der Waals surface area contributed by atoms with Crippen LogP contribution in [0.2, 0.25) is 0 Å². The van der Waals surface area contributed by atoms with Crippen molar-refractivity contribution in [3.05, 3.63) is 35.9 Å². The van der Waals surface area contributed by atoms with E-state index in [1.54, 1.807) is 24.3 Å². The van der Waals surface area contributed by atoms with Gasteiger partial charge in [-0.15, -0.1) is 0 Å². The fourth-order valence-corrected chi connectivity index (χ4v) is 1.59. The Morgan fingerprint density at radius 1 is 1.13 bits per heavy atom. The van der Waals surface area contributed by atoms with E-state index in [4.69, 9.17) is 14.6 Å². The van der Waals surface area contributed by atoms with E-state index in [2.05, 4.69) is 5.32 Å². The van der Waals surface area contributed by atoms with Crippen LogP contribution in [-0.4, -0.2) is 35.8 Å². The van der Waals surface area contributed by atoms with E-state index in [1.807, 2.05) is 19.9 Å². The van der Waals surface area contributed by atoms with Crippen molar-refractivity contribution in [3.8, 4) is 0 Å². The molecule has 0 saturated carbocycles. The molecule has 0 saturated heterocycles. The molecular weight excluding hydrogens is 302 g/mol. The molecule has 0 spiro atoms. The molecule has 0 fully saturated rings. The third-order valence-electron chi connectivity index (χ3n) is 2.75. The minimum absolute atomic E-state index is 0.0454. The lowest BCUT2D eigenvalue weighted by Crippen LogP contribution is -2.43. The van der Waals surface area contributed by atoms with Gasteiger partial charge in [-0.05, 0) is 11.5 Å². The van der Waals surface area contributed by atoms with Gasteiger partial charge in [0.1, 0.15) is 12.6 Å². The molecule has 0 bridgehead atoms. The number of ether oxygens (including phenoxy) is 2. The number of amides is 1. The van der Waals surface area contributed by atoms with Gasteiger partial charge in [-0.2, -0.15) is 0 Å². The van der Waals surface area contributed by atoms with Crippen LogP contribution in [0.1, 0.15) is 25.8 Å². The Morgan fingerprint density at radius 3 is 2.35 bits per heavy atom. The van der Waals surface area contributed by atoms with E-state index in [0.717, 1.165) is 5.56 Å². The van der Waals surface area contributed by atoms with Gasteiger partial charge >= 0.3 is 18.0 Å². The average Bonchev–Trinajstić information content (AvgIpc) is 2.51. The summed E-state index contributed by atoms with van der Waals surface area (Å²) in [5.41, 5.74) is 0.789. The summed E-state index contributed by atoms with van der Waals surface area (Å²) in [7, 11) is 0. The Morgan fingerprint density at radius 2 is 1.78 bits per heavy atom. The van der Waals surface area contributed by atoms with E-state index >= 15 is 0 Å². The monoisotopic (exact) mass is 323 g/mol. The maximum Gasteiger partial charge on any atom is 0.407 e. The highest BCUT2D eigenvalue weighted by Gasteiger charge is 2.24. The number of alkyl carbamates (subject to hydrolysis) is 1. The van der Waals surface area contributed by atoms with Crippen molar-refractivity contribution in [1.29, 1.82) is 0 Å². The summed E-state index contributed by atoms with van der Waals surface area (Å²) >= 11 is 0. The minimum Gasteiger partial charge on any atom is -0.480 e. The van der Waals surface area contributed by atoms with Crippen molar-refractivity contribution in [2.45, 2.75) is 32.9 Å². The fraction of sp³-hybridized carbons (Fsp3) is 0.438. The van der Waals surface area contributed by atoms with Crippen molar-refractivity contribution >= 4 is 18.0 Å². The molecule has 0 aliphatic rings. The lowest BCUT2D eigenvalue weighted by molar-refractivity contribution is -0.150. The van der Waals surface area contributed by atoms with Crippen LogP contribution < -0.4 is 5.32 Å². The number of benzene rings is 1. The molecule has 0 heterocycles. The van der Waals surface area contributed by atoms with Crippen LogP contribution >= 0.6 is 0 Å². The molecule has 0 unspecified atom stereocenters. The van der Waals surface area contributed by atoms with Gasteiger partial charge in [-0.1, -0.05) is 44.2 Å². The van der Waals surface area contributed by atoms with Crippen LogP contribution in [0.25, 0.3) is 0 Å². The van der Waals surface area contributed by atoms with Gasteiger partial charge in [-0.25, -0.2) is 9.59 Å². The largest absolute Gasteiger partial charge is 0.480 e. The molecule has 0 radical (unpaired) electrons. The quantitative estimate of drug-likeness (QED) is 0.709. The second kappa shape index (κ2) is 9.45. The molecule has 1 atom stereocenters. The van der Waals surface area contributed by atoms with E-state index in [0.29, 0.717) is 0 Å². The van der Waals surface area contributed by atoms with Gasteiger partial charge in [0.05, 0.1) is 13.0 Å². The van der Waals surface area contributed by atoms with Crippen LogP contribution in [0.5, 0.6) is 0 Å². The maximum atomic E-state index is 11.7. The first-order valence-electron chi connectivity index (χ1n) is 7.24. The predicted molar refractivity (Wildman–Crippen MR) is 81.6 cm³/mol. The first kappa shape index (κ1) is 18.5. The van der Waals surface area contributed by atoms with Crippen molar-refractivity contribution < 1.29 is 29.0 Å². The molecular formula is C16H21NO6. The van der Waals surface area contributed by atoms with Crippen molar-refractivity contribution in [2.24, 2.45) is 5.92 Å². The number of carbonyl (C=O) groups excluding carboxylic acids is 2. The zero-order valence-corrected chi connectivity index (χ0v) is 13.2. The van der Waals surface area contributed by atoms with Gasteiger partial charge in [0.15, 0.2) is 0 Å². The molecule has 1 amide bonds. The van der Waals surface area contributed by atoms with Crippen LogP contribution in [0.15, 0.2) is 30.3 Å². The van der Waals surface area contributed by atoms with Crippen molar-refractivity contribution in [1.82, 2.24) is 5.32 Å². The molecule has 126 valence electrons. The number of nitrogens with one attached hydrogen (secondary N) is 1. The SMILES string of the molecule is CC(C)COC(=O)N[C@@H](CC(=O)OCc1ccccc1)C(=O)O. The first-order chi connectivity index (χ1) is 10.9. The van der Waals surface area contributed by atoms with Crippen LogP contribution in [0, 0.1) is 5.92 Å². The average molecular weight is 323 g/mol. The number of aliphatic carboxylic acids is 1. The number of rotatable bonds is 8. The Kier molecular flexibility index (Phi) is 7.59. The van der Waals surface area contributed by atoms with Crippen LogP contribution in [0.4, 0.5) is 4.79 Å². The highest BCUT2D eigenvalue weighted by atomic mass is 16.6. The maximum absolute atomic E-state index is 11.7. The summed E-state index contributed by atoms with van der Waals surface area (Å²) in [6.45, 7) is 3.91. The lowest BCUT2D eigenvalue weighted by atomic mass is 10.2. The minimum atomic E-state index is -1.39. The van der Waals surface area contributed by atoms with E-state index in [-0.39, 0.29) is 19.1 Å². The molecule has 2 N–H and O–H groups in total. The summed E-state index contributed by atoms with van der Waals surface area (Å²) in [6, 6.07) is 7.61. The highest BCUT2D eigenvalue weighted by Crippen LogP contribution is 2.04. The summed E-state index contributed by atoms with van der Waals surface area (Å²) < 4.78 is 9.82. The third kappa shape index (κ3) is 7.85. The number of hydrogen-bond donors (Lipinski definition) is 2.